The molecule has 19 heavy (non-hydrogen) atoms. The van der Waals surface area contributed by atoms with Crippen LogP contribution in [0.15, 0.2) is 6.07 Å². The predicted molar refractivity (Wildman–Crippen MR) is 66.2 cm³/mol. The van der Waals surface area contributed by atoms with Crippen LogP contribution in [-0.2, 0) is 22.7 Å². The molecule has 0 bridgehead atoms. The third kappa shape index (κ3) is 2.68. The monoisotopic (exact) mass is 265 g/mol. The third-order valence-electron chi connectivity index (χ3n) is 2.72. The van der Waals surface area contributed by atoms with Gasteiger partial charge in [-0.15, -0.1) is 0 Å². The van der Waals surface area contributed by atoms with E-state index >= 15 is 0 Å². The van der Waals surface area contributed by atoms with E-state index in [4.69, 9.17) is 14.2 Å². The minimum absolute atomic E-state index is 0.146. The first-order chi connectivity index (χ1) is 9.02. The summed E-state index contributed by atoms with van der Waals surface area (Å²) in [6.45, 7) is 3.84. The highest BCUT2D eigenvalue weighted by Crippen LogP contribution is 2.43. The van der Waals surface area contributed by atoms with Crippen LogP contribution in [0.5, 0.6) is 17.2 Å². The fourth-order valence-corrected chi connectivity index (χ4v) is 2.07. The summed E-state index contributed by atoms with van der Waals surface area (Å²) < 4.78 is 15.5. The average Bonchev–Trinajstić information content (AvgIpc) is 2.76. The molecule has 1 aliphatic heterocycles. The normalized spacial score (nSPS) is 12.8. The molecule has 6 nitrogen and oxygen atoms in total. The summed E-state index contributed by atoms with van der Waals surface area (Å²) in [5.41, 5.74) is 1.87. The summed E-state index contributed by atoms with van der Waals surface area (Å²) in [7, 11) is 1.48. The quantitative estimate of drug-likeness (QED) is 0.652. The average molecular weight is 265 g/mol. The lowest BCUT2D eigenvalue weighted by Crippen LogP contribution is -2.09. The van der Waals surface area contributed by atoms with E-state index in [9.17, 15) is 9.59 Å². The summed E-state index contributed by atoms with van der Waals surface area (Å²) >= 11 is 0. The topological polar surface area (TPSA) is 73.9 Å². The summed E-state index contributed by atoms with van der Waals surface area (Å²) in [5, 5.41) is 3.16. The Bertz CT molecular complexity index is 538. The summed E-state index contributed by atoms with van der Waals surface area (Å²) in [6.07, 6.45) is 0. The van der Waals surface area contributed by atoms with Crippen LogP contribution in [0.3, 0.4) is 0 Å². The largest absolute Gasteiger partial charge is 0.492 e. The van der Waals surface area contributed by atoms with Gasteiger partial charge in [-0.2, -0.15) is 0 Å². The van der Waals surface area contributed by atoms with Crippen LogP contribution in [0.1, 0.15) is 25.0 Å². The standard InChI is InChI=1S/C13H15NO5/c1-7(15)18-11-4-9-5-14-6-10(9)12(17-3)13(11)19-8(2)16/h4,14H,5-6H2,1-3H3. The van der Waals surface area contributed by atoms with Crippen LogP contribution >= 0.6 is 0 Å². The first-order valence-corrected chi connectivity index (χ1v) is 5.83. The molecule has 1 aromatic carbocycles. The van der Waals surface area contributed by atoms with Gasteiger partial charge in [-0.1, -0.05) is 0 Å². The molecule has 1 aliphatic rings. The number of ether oxygens (including phenoxy) is 3. The number of fused-ring (bicyclic) bond motifs is 1. The van der Waals surface area contributed by atoms with E-state index in [2.05, 4.69) is 5.32 Å². The number of methoxy groups -OCH3 is 1. The predicted octanol–water partition coefficient (Wildman–Crippen LogP) is 1.15. The summed E-state index contributed by atoms with van der Waals surface area (Å²) in [6, 6.07) is 1.69. The Morgan fingerprint density at radius 1 is 1.11 bits per heavy atom. The van der Waals surface area contributed by atoms with Crippen molar-refractivity contribution in [1.82, 2.24) is 5.32 Å². The minimum Gasteiger partial charge on any atom is -0.492 e. The number of carbonyl (C=O) groups excluding carboxylic acids is 2. The van der Waals surface area contributed by atoms with Crippen molar-refractivity contribution in [3.05, 3.63) is 17.2 Å². The molecule has 6 heteroatoms. The lowest BCUT2D eigenvalue weighted by atomic mass is 10.1. The second-order valence-electron chi connectivity index (χ2n) is 4.17. The number of nitrogens with one attached hydrogen (secondary N) is 1. The Morgan fingerprint density at radius 2 is 1.79 bits per heavy atom. The molecule has 1 aromatic rings. The van der Waals surface area contributed by atoms with Gasteiger partial charge in [0.25, 0.3) is 0 Å². The maximum atomic E-state index is 11.2. The number of hydrogen-bond donors (Lipinski definition) is 1. The van der Waals surface area contributed by atoms with Gasteiger partial charge in [0.1, 0.15) is 0 Å². The van der Waals surface area contributed by atoms with Gasteiger partial charge in [0, 0.05) is 32.5 Å². The minimum atomic E-state index is -0.502. The van der Waals surface area contributed by atoms with E-state index in [0.717, 1.165) is 11.1 Å². The molecule has 0 radical (unpaired) electrons. The van der Waals surface area contributed by atoms with E-state index in [0.29, 0.717) is 18.8 Å². The van der Waals surface area contributed by atoms with Crippen LogP contribution in [-0.4, -0.2) is 19.0 Å². The van der Waals surface area contributed by atoms with Gasteiger partial charge in [0.05, 0.1) is 7.11 Å². The number of carbonyl (C=O) groups is 2. The highest BCUT2D eigenvalue weighted by atomic mass is 16.6. The van der Waals surface area contributed by atoms with Crippen molar-refractivity contribution in [3.8, 4) is 17.2 Å². The number of esters is 2. The molecule has 0 unspecified atom stereocenters. The fourth-order valence-electron chi connectivity index (χ4n) is 2.07. The second-order valence-corrected chi connectivity index (χ2v) is 4.17. The fraction of sp³-hybridized carbons (Fsp3) is 0.385. The molecular weight excluding hydrogens is 250 g/mol. The number of hydrogen-bond acceptors (Lipinski definition) is 6. The second kappa shape index (κ2) is 5.27. The van der Waals surface area contributed by atoms with Gasteiger partial charge < -0.3 is 19.5 Å². The van der Waals surface area contributed by atoms with Crippen molar-refractivity contribution in [1.29, 1.82) is 0 Å². The van der Waals surface area contributed by atoms with Gasteiger partial charge >= 0.3 is 11.9 Å². The number of rotatable bonds is 3. The maximum Gasteiger partial charge on any atom is 0.308 e. The smallest absolute Gasteiger partial charge is 0.308 e. The maximum absolute atomic E-state index is 11.2. The van der Waals surface area contributed by atoms with E-state index in [1.165, 1.54) is 21.0 Å². The van der Waals surface area contributed by atoms with Gasteiger partial charge in [0.2, 0.25) is 5.75 Å². The van der Waals surface area contributed by atoms with Gasteiger partial charge in [0.15, 0.2) is 11.5 Å². The Kier molecular flexibility index (Phi) is 3.71. The number of benzene rings is 1. The summed E-state index contributed by atoms with van der Waals surface area (Å²) in [5.74, 6) is -0.220. The first kappa shape index (κ1) is 13.4. The molecule has 0 amide bonds. The van der Waals surface area contributed by atoms with Crippen LogP contribution in [0, 0.1) is 0 Å². The van der Waals surface area contributed by atoms with Crippen LogP contribution in [0.4, 0.5) is 0 Å². The van der Waals surface area contributed by atoms with Gasteiger partial charge in [-0.25, -0.2) is 0 Å². The van der Waals surface area contributed by atoms with E-state index in [1.54, 1.807) is 6.07 Å². The van der Waals surface area contributed by atoms with Crippen molar-refractivity contribution >= 4 is 11.9 Å². The van der Waals surface area contributed by atoms with E-state index in [1.807, 2.05) is 0 Å². The van der Waals surface area contributed by atoms with Crippen molar-refractivity contribution < 1.29 is 23.8 Å². The van der Waals surface area contributed by atoms with Crippen molar-refractivity contribution in [3.63, 3.8) is 0 Å². The van der Waals surface area contributed by atoms with Gasteiger partial charge in [-0.05, 0) is 11.6 Å². The highest BCUT2D eigenvalue weighted by Gasteiger charge is 2.25. The highest BCUT2D eigenvalue weighted by molar-refractivity contribution is 5.76. The zero-order chi connectivity index (χ0) is 14.0. The van der Waals surface area contributed by atoms with Gasteiger partial charge in [-0.3, -0.25) is 9.59 Å². The lowest BCUT2D eigenvalue weighted by Gasteiger charge is -2.15. The SMILES string of the molecule is COc1c2c(cc(OC(C)=O)c1OC(C)=O)CNC2. The van der Waals surface area contributed by atoms with Crippen molar-refractivity contribution in [2.45, 2.75) is 26.9 Å². The summed E-state index contributed by atoms with van der Waals surface area (Å²) in [4.78, 5) is 22.3. The molecule has 0 fully saturated rings. The molecule has 0 saturated carbocycles. The Balaban J connectivity index is 2.57. The lowest BCUT2D eigenvalue weighted by molar-refractivity contribution is -0.134. The Labute approximate surface area is 110 Å². The van der Waals surface area contributed by atoms with Crippen LogP contribution in [0.25, 0.3) is 0 Å². The Hall–Kier alpha value is -2.08. The zero-order valence-electron chi connectivity index (χ0n) is 11.0. The molecule has 1 heterocycles. The van der Waals surface area contributed by atoms with Crippen LogP contribution in [0.2, 0.25) is 0 Å². The molecule has 0 saturated heterocycles. The molecule has 0 aromatic heterocycles. The van der Waals surface area contributed by atoms with E-state index < -0.39 is 11.9 Å². The van der Waals surface area contributed by atoms with Crippen molar-refractivity contribution in [2.24, 2.45) is 0 Å². The van der Waals surface area contributed by atoms with E-state index in [-0.39, 0.29) is 11.5 Å². The molecule has 0 spiro atoms. The Morgan fingerprint density at radius 3 is 2.37 bits per heavy atom. The first-order valence-electron chi connectivity index (χ1n) is 5.83. The molecule has 102 valence electrons. The molecule has 0 atom stereocenters. The van der Waals surface area contributed by atoms with Crippen LogP contribution < -0.4 is 19.5 Å². The third-order valence-corrected chi connectivity index (χ3v) is 2.72. The molecule has 0 aliphatic carbocycles. The van der Waals surface area contributed by atoms with Crippen molar-refractivity contribution in [2.75, 3.05) is 7.11 Å². The molecule has 2 rings (SSSR count). The molecule has 1 N–H and O–H groups in total. The zero-order valence-corrected chi connectivity index (χ0v) is 11.0. The molecular formula is C13H15NO5.